The van der Waals surface area contributed by atoms with Crippen molar-refractivity contribution in [1.82, 2.24) is 0 Å². The van der Waals surface area contributed by atoms with Crippen LogP contribution in [0.25, 0.3) is 0 Å². The van der Waals surface area contributed by atoms with Gasteiger partial charge >= 0.3 is 0 Å². The summed E-state index contributed by atoms with van der Waals surface area (Å²) in [6, 6.07) is 2.60. The molecule has 0 atom stereocenters. The molecule has 0 saturated heterocycles. The van der Waals surface area contributed by atoms with Gasteiger partial charge in [0.1, 0.15) is 11.6 Å². The molecule has 0 radical (unpaired) electrons. The highest BCUT2D eigenvalue weighted by atomic mass is 19.1. The van der Waals surface area contributed by atoms with Gasteiger partial charge in [-0.1, -0.05) is 13.8 Å². The molecular weight excluding hydrogens is 200 g/mol. The second-order valence-electron chi connectivity index (χ2n) is 4.30. The van der Waals surface area contributed by atoms with Gasteiger partial charge in [-0.25, -0.2) is 14.7 Å². The average molecular weight is 215 g/mol. The Morgan fingerprint density at radius 1 is 1.27 bits per heavy atom. The highest BCUT2D eigenvalue weighted by Crippen LogP contribution is 2.29. The summed E-state index contributed by atoms with van der Waals surface area (Å²) in [5.41, 5.74) is -0.215. The topological polar surface area (TPSA) is 35.2 Å². The van der Waals surface area contributed by atoms with E-state index in [2.05, 4.69) is 4.84 Å². The lowest BCUT2D eigenvalue weighted by molar-refractivity contribution is 0.0936. The quantitative estimate of drug-likeness (QED) is 0.786. The Bertz CT molecular complexity index is 341. The number of hydrogen-bond donors (Lipinski definition) is 1. The molecule has 0 spiro atoms. The zero-order valence-electron chi connectivity index (χ0n) is 9.10. The molecule has 0 amide bonds. The fourth-order valence-electron chi connectivity index (χ4n) is 1.63. The first-order valence-corrected chi connectivity index (χ1v) is 4.66. The molecule has 0 unspecified atom stereocenters. The lowest BCUT2D eigenvalue weighted by atomic mass is 9.84. The van der Waals surface area contributed by atoms with Gasteiger partial charge in [0.25, 0.3) is 0 Å². The monoisotopic (exact) mass is 215 g/mol. The molecule has 4 heteroatoms. The molecular formula is C11H15F2NO. The Morgan fingerprint density at radius 2 is 1.73 bits per heavy atom. The number of nitrogens with two attached hydrogens (primary N) is 1. The molecule has 1 aromatic rings. The van der Waals surface area contributed by atoms with Gasteiger partial charge in [0.15, 0.2) is 0 Å². The first kappa shape index (κ1) is 12.1. The van der Waals surface area contributed by atoms with E-state index in [1.165, 1.54) is 12.1 Å². The van der Waals surface area contributed by atoms with Crippen LogP contribution in [0, 0.1) is 18.6 Å². The van der Waals surface area contributed by atoms with E-state index < -0.39 is 17.0 Å². The maximum Gasteiger partial charge on any atom is 0.130 e. The molecule has 0 saturated carbocycles. The third-order valence-corrected chi connectivity index (χ3v) is 2.31. The van der Waals surface area contributed by atoms with E-state index in [1.807, 2.05) is 0 Å². The standard InChI is InChI=1S/C11H15F2NO/c1-7-4-8(12)10(9(13)5-7)11(2,3)6-15-14/h4-5H,6,14H2,1-3H3. The van der Waals surface area contributed by atoms with E-state index in [1.54, 1.807) is 20.8 Å². The largest absolute Gasteiger partial charge is 0.304 e. The van der Waals surface area contributed by atoms with Gasteiger partial charge in [0.05, 0.1) is 6.61 Å². The molecule has 0 aliphatic rings. The molecule has 0 aromatic heterocycles. The van der Waals surface area contributed by atoms with Crippen LogP contribution in [0.15, 0.2) is 12.1 Å². The van der Waals surface area contributed by atoms with Crippen molar-refractivity contribution in [2.75, 3.05) is 6.61 Å². The van der Waals surface area contributed by atoms with E-state index in [0.717, 1.165) is 0 Å². The van der Waals surface area contributed by atoms with Gasteiger partial charge in [-0.05, 0) is 24.6 Å². The van der Waals surface area contributed by atoms with Crippen LogP contribution in [-0.4, -0.2) is 6.61 Å². The Kier molecular flexibility index (Phi) is 3.42. The summed E-state index contributed by atoms with van der Waals surface area (Å²) in [6.07, 6.45) is 0. The smallest absolute Gasteiger partial charge is 0.130 e. The Labute approximate surface area is 88.0 Å². The first-order valence-electron chi connectivity index (χ1n) is 4.66. The number of aryl methyl sites for hydroxylation is 1. The number of hydrogen-bond acceptors (Lipinski definition) is 2. The zero-order chi connectivity index (χ0) is 11.6. The van der Waals surface area contributed by atoms with Crippen molar-refractivity contribution in [2.45, 2.75) is 26.2 Å². The highest BCUT2D eigenvalue weighted by molar-refractivity contribution is 5.31. The summed E-state index contributed by atoms with van der Waals surface area (Å²) in [5, 5.41) is 0. The van der Waals surface area contributed by atoms with Crippen molar-refractivity contribution < 1.29 is 13.6 Å². The third kappa shape index (κ3) is 2.52. The van der Waals surface area contributed by atoms with Crippen LogP contribution < -0.4 is 5.90 Å². The lowest BCUT2D eigenvalue weighted by Crippen LogP contribution is -2.28. The van der Waals surface area contributed by atoms with Crippen molar-refractivity contribution in [3.63, 3.8) is 0 Å². The van der Waals surface area contributed by atoms with Crippen LogP contribution in [0.4, 0.5) is 8.78 Å². The summed E-state index contributed by atoms with van der Waals surface area (Å²) in [6.45, 7) is 5.06. The molecule has 1 aromatic carbocycles. The van der Waals surface area contributed by atoms with E-state index in [9.17, 15) is 8.78 Å². The Morgan fingerprint density at radius 3 is 2.13 bits per heavy atom. The predicted molar refractivity (Wildman–Crippen MR) is 54.3 cm³/mol. The summed E-state index contributed by atoms with van der Waals surface area (Å²) in [7, 11) is 0. The Hall–Kier alpha value is -1.00. The zero-order valence-corrected chi connectivity index (χ0v) is 9.10. The molecule has 0 fully saturated rings. The van der Waals surface area contributed by atoms with Crippen LogP contribution in [0.2, 0.25) is 0 Å². The van der Waals surface area contributed by atoms with E-state index in [0.29, 0.717) is 5.56 Å². The second kappa shape index (κ2) is 4.24. The minimum Gasteiger partial charge on any atom is -0.304 e. The summed E-state index contributed by atoms with van der Waals surface area (Å²) < 4.78 is 27.2. The Balaban J connectivity index is 3.24. The van der Waals surface area contributed by atoms with E-state index >= 15 is 0 Å². The van der Waals surface area contributed by atoms with Gasteiger partial charge in [0.2, 0.25) is 0 Å². The first-order chi connectivity index (χ1) is 6.88. The third-order valence-electron chi connectivity index (χ3n) is 2.31. The van der Waals surface area contributed by atoms with Crippen molar-refractivity contribution in [3.05, 3.63) is 34.9 Å². The lowest BCUT2D eigenvalue weighted by Gasteiger charge is -2.24. The maximum absolute atomic E-state index is 13.6. The summed E-state index contributed by atoms with van der Waals surface area (Å²) in [5.74, 6) is 3.82. The van der Waals surface area contributed by atoms with Crippen LogP contribution in [0.1, 0.15) is 25.0 Å². The van der Waals surface area contributed by atoms with Crippen molar-refractivity contribution in [3.8, 4) is 0 Å². The van der Waals surface area contributed by atoms with Crippen molar-refractivity contribution in [1.29, 1.82) is 0 Å². The van der Waals surface area contributed by atoms with Crippen molar-refractivity contribution in [2.24, 2.45) is 5.90 Å². The molecule has 0 aliphatic heterocycles. The van der Waals surface area contributed by atoms with Crippen LogP contribution >= 0.6 is 0 Å². The number of halogens is 2. The van der Waals surface area contributed by atoms with Gasteiger partial charge in [-0.2, -0.15) is 0 Å². The van der Waals surface area contributed by atoms with Gasteiger partial charge < -0.3 is 4.84 Å². The fraction of sp³-hybridized carbons (Fsp3) is 0.455. The van der Waals surface area contributed by atoms with Gasteiger partial charge in [-0.15, -0.1) is 0 Å². The van der Waals surface area contributed by atoms with E-state index in [4.69, 9.17) is 5.90 Å². The summed E-state index contributed by atoms with van der Waals surface area (Å²) >= 11 is 0. The average Bonchev–Trinajstić information content (AvgIpc) is 1.99. The minimum absolute atomic E-state index is 0.0125. The highest BCUT2D eigenvalue weighted by Gasteiger charge is 2.28. The van der Waals surface area contributed by atoms with Gasteiger partial charge in [-0.3, -0.25) is 0 Å². The molecule has 2 nitrogen and oxygen atoms in total. The van der Waals surface area contributed by atoms with Gasteiger partial charge in [0, 0.05) is 11.0 Å². The molecule has 0 aliphatic carbocycles. The molecule has 15 heavy (non-hydrogen) atoms. The van der Waals surface area contributed by atoms with Crippen molar-refractivity contribution >= 4 is 0 Å². The number of benzene rings is 1. The molecule has 0 bridgehead atoms. The number of rotatable bonds is 3. The molecule has 84 valence electrons. The molecule has 0 heterocycles. The maximum atomic E-state index is 13.6. The van der Waals surface area contributed by atoms with Crippen LogP contribution in [0.3, 0.4) is 0 Å². The second-order valence-corrected chi connectivity index (χ2v) is 4.30. The molecule has 1 rings (SSSR count). The predicted octanol–water partition coefficient (Wildman–Crippen LogP) is 2.44. The normalized spacial score (nSPS) is 11.9. The van der Waals surface area contributed by atoms with E-state index in [-0.39, 0.29) is 12.2 Å². The summed E-state index contributed by atoms with van der Waals surface area (Å²) in [4.78, 5) is 4.47. The fourth-order valence-corrected chi connectivity index (χ4v) is 1.63. The minimum atomic E-state index is -0.781. The SMILES string of the molecule is Cc1cc(F)c(C(C)(C)CON)c(F)c1. The molecule has 2 N–H and O–H groups in total. The van der Waals surface area contributed by atoms with Crippen LogP contribution in [-0.2, 0) is 10.3 Å². The van der Waals surface area contributed by atoms with Crippen LogP contribution in [0.5, 0.6) is 0 Å².